The van der Waals surface area contributed by atoms with E-state index in [1.54, 1.807) is 68.1 Å². The Balaban J connectivity index is 1.29. The zero-order valence-corrected chi connectivity index (χ0v) is 37.5. The van der Waals surface area contributed by atoms with Crippen LogP contribution < -0.4 is 18.9 Å². The van der Waals surface area contributed by atoms with E-state index >= 15 is 0 Å². The number of phenols is 1. The van der Waals surface area contributed by atoms with Crippen molar-refractivity contribution in [3.05, 3.63) is 147 Å². The van der Waals surface area contributed by atoms with Gasteiger partial charge in [0.15, 0.2) is 11.6 Å². The summed E-state index contributed by atoms with van der Waals surface area (Å²) in [4.78, 5) is 26.7. The molecular formula is C48H42Cl3FN4O9. The summed E-state index contributed by atoms with van der Waals surface area (Å²) in [5, 5.41) is 31.7. The molecule has 0 aliphatic rings. The first-order valence-corrected chi connectivity index (χ1v) is 21.2. The molecular weight excluding hydrogens is 902 g/mol. The molecule has 4 aromatic carbocycles. The van der Waals surface area contributed by atoms with Gasteiger partial charge in [0.2, 0.25) is 12.0 Å². The number of aliphatic carboxylic acids is 1. The Labute approximate surface area is 388 Å². The number of nitrogens with zero attached hydrogens (tertiary/aromatic N) is 4. The summed E-state index contributed by atoms with van der Waals surface area (Å²) >= 11 is 21.3. The summed E-state index contributed by atoms with van der Waals surface area (Å²) in [5.74, 6) is -0.724. The number of rotatable bonds is 19. The summed E-state index contributed by atoms with van der Waals surface area (Å²) in [5.41, 5.74) is 4.49. The Bertz CT molecular complexity index is 2850. The zero-order chi connectivity index (χ0) is 46.4. The van der Waals surface area contributed by atoms with Crippen molar-refractivity contribution in [3.8, 4) is 62.5 Å². The lowest BCUT2D eigenvalue weighted by Gasteiger charge is -2.23. The van der Waals surface area contributed by atoms with Crippen molar-refractivity contribution in [2.45, 2.75) is 39.1 Å². The highest BCUT2D eigenvalue weighted by molar-refractivity contribution is 6.39. The van der Waals surface area contributed by atoms with Gasteiger partial charge in [0.25, 0.3) is 0 Å². The van der Waals surface area contributed by atoms with Crippen LogP contribution in [0.2, 0.25) is 15.2 Å². The predicted octanol–water partition coefficient (Wildman–Crippen LogP) is 10.2. The molecule has 0 radical (unpaired) electrons. The van der Waals surface area contributed by atoms with E-state index in [1.807, 2.05) is 18.2 Å². The molecule has 0 amide bonds. The maximum Gasteiger partial charge on any atom is 0.345 e. The molecule has 1 unspecified atom stereocenters. The van der Waals surface area contributed by atoms with Crippen LogP contribution in [0, 0.1) is 19.7 Å². The predicted molar refractivity (Wildman–Crippen MR) is 245 cm³/mol. The van der Waals surface area contributed by atoms with E-state index in [9.17, 15) is 24.5 Å². The van der Waals surface area contributed by atoms with Crippen molar-refractivity contribution in [3.63, 3.8) is 0 Å². The molecule has 65 heavy (non-hydrogen) atoms. The molecule has 2 atom stereocenters. The molecule has 0 saturated heterocycles. The quantitative estimate of drug-likeness (QED) is 0.0520. The monoisotopic (exact) mass is 942 g/mol. The van der Waals surface area contributed by atoms with Gasteiger partial charge in [-0.15, -0.1) is 6.58 Å². The number of para-hydroxylation sites is 1. The second-order valence-electron chi connectivity index (χ2n) is 14.6. The minimum Gasteiger partial charge on any atom is -0.508 e. The van der Waals surface area contributed by atoms with E-state index in [0.717, 1.165) is 0 Å². The van der Waals surface area contributed by atoms with Gasteiger partial charge in [-0.25, -0.2) is 24.1 Å². The highest BCUT2D eigenvalue weighted by Crippen LogP contribution is 2.52. The lowest BCUT2D eigenvalue weighted by molar-refractivity contribution is -0.145. The summed E-state index contributed by atoms with van der Waals surface area (Å²) in [6.45, 7) is 6.93. The molecule has 13 nitrogen and oxygen atoms in total. The number of ether oxygens (including phenoxy) is 5. The topological polar surface area (TPSA) is 167 Å². The average Bonchev–Trinajstić information content (AvgIpc) is 3.60. The van der Waals surface area contributed by atoms with E-state index in [2.05, 4.69) is 21.5 Å². The molecule has 7 rings (SSSR count). The third-order valence-electron chi connectivity index (χ3n) is 10.4. The number of carbonyl (C=O) groups is 1. The number of carboxylic acids is 1. The van der Waals surface area contributed by atoms with Gasteiger partial charge in [-0.05, 0) is 84.6 Å². The number of fused-ring (bicyclic) bond motifs is 1. The van der Waals surface area contributed by atoms with E-state index in [4.69, 9.17) is 58.5 Å². The normalized spacial score (nSPS) is 12.2. The molecule has 3 heterocycles. The van der Waals surface area contributed by atoms with Gasteiger partial charge in [0.1, 0.15) is 46.4 Å². The van der Waals surface area contributed by atoms with Gasteiger partial charge in [-0.1, -0.05) is 65.1 Å². The minimum absolute atomic E-state index is 0.0182. The second kappa shape index (κ2) is 20.6. The molecule has 0 fully saturated rings. The van der Waals surface area contributed by atoms with Crippen LogP contribution in [-0.4, -0.2) is 79.8 Å². The Morgan fingerprint density at radius 2 is 1.66 bits per heavy atom. The lowest BCUT2D eigenvalue weighted by Crippen LogP contribution is -2.30. The molecule has 17 heteroatoms. The number of hydrogen-bond donors (Lipinski definition) is 3. The van der Waals surface area contributed by atoms with Crippen LogP contribution in [0.4, 0.5) is 4.39 Å². The van der Waals surface area contributed by atoms with E-state index in [-0.39, 0.29) is 70.1 Å². The number of carboxylic acid groups (broad SMARTS) is 1. The third kappa shape index (κ3) is 9.97. The number of benzene rings is 4. The average molecular weight is 944 g/mol. The van der Waals surface area contributed by atoms with Crippen LogP contribution in [0.1, 0.15) is 22.4 Å². The zero-order valence-electron chi connectivity index (χ0n) is 35.2. The summed E-state index contributed by atoms with van der Waals surface area (Å²) < 4.78 is 45.6. The van der Waals surface area contributed by atoms with Crippen LogP contribution in [0.3, 0.4) is 0 Å². The maximum atomic E-state index is 14.4. The van der Waals surface area contributed by atoms with Gasteiger partial charge in [-0.3, -0.25) is 0 Å². The van der Waals surface area contributed by atoms with Crippen LogP contribution in [0.15, 0.2) is 104 Å². The molecule has 0 spiro atoms. The number of methoxy groups -OCH3 is 1. The fraction of sp³-hybridized carbons (Fsp3) is 0.208. The van der Waals surface area contributed by atoms with E-state index in [1.165, 1.54) is 36.5 Å². The Morgan fingerprint density at radius 3 is 2.35 bits per heavy atom. The fourth-order valence-corrected chi connectivity index (χ4v) is 8.17. The van der Waals surface area contributed by atoms with Gasteiger partial charge in [-0.2, -0.15) is 0 Å². The number of aromatic hydroxyl groups is 1. The fourth-order valence-electron chi connectivity index (χ4n) is 7.31. The number of aliphatic hydroxyl groups excluding tert-OH is 1. The van der Waals surface area contributed by atoms with Crippen LogP contribution in [-0.2, 0) is 22.6 Å². The number of halogens is 4. The van der Waals surface area contributed by atoms with Crippen LogP contribution >= 0.6 is 34.8 Å². The smallest absolute Gasteiger partial charge is 0.345 e. The molecule has 7 aromatic rings. The van der Waals surface area contributed by atoms with Gasteiger partial charge < -0.3 is 43.4 Å². The molecule has 336 valence electrons. The number of aliphatic hydroxyl groups is 1. The van der Waals surface area contributed by atoms with E-state index < -0.39 is 30.6 Å². The standard InChI is InChI=1S/C48H42Cl3FN4O9/c1-5-20-62-25-33(23-57)64-44-41(49)26(2)38(27(3)42(44)50)40-39(28-10-12-30(52)13-11-28)45(51)56-19-18-54-47(43(40)56)65-37(48(59)60)22-29-21-32(58)14-15-35(29)63-24-31-16-17-53-46(55-31)34-8-6-7-9-36(34)61-4/h5-19,21,33,37,57-58H,1,20,22-25H2,2-4H3,(H,59,60)/t33-,37?/m0/s1. The van der Waals surface area contributed by atoms with Gasteiger partial charge in [0.05, 0.1) is 48.2 Å². The van der Waals surface area contributed by atoms with Crippen molar-refractivity contribution >= 4 is 46.3 Å². The summed E-state index contributed by atoms with van der Waals surface area (Å²) in [6.07, 6.45) is 3.41. The number of phenolic OH excluding ortho intramolecular Hbond substituents is 1. The maximum absolute atomic E-state index is 14.4. The first kappa shape index (κ1) is 46.6. The second-order valence-corrected chi connectivity index (χ2v) is 15.7. The number of hydrogen-bond acceptors (Lipinski definition) is 11. The molecule has 0 aliphatic heterocycles. The highest BCUT2D eigenvalue weighted by atomic mass is 35.5. The highest BCUT2D eigenvalue weighted by Gasteiger charge is 2.32. The summed E-state index contributed by atoms with van der Waals surface area (Å²) in [7, 11) is 1.56. The minimum atomic E-state index is -1.60. The summed E-state index contributed by atoms with van der Waals surface area (Å²) in [6, 6.07) is 19.0. The van der Waals surface area contributed by atoms with Gasteiger partial charge >= 0.3 is 5.97 Å². The van der Waals surface area contributed by atoms with E-state index in [0.29, 0.717) is 61.8 Å². The molecule has 3 aromatic heterocycles. The van der Waals surface area contributed by atoms with Crippen molar-refractivity contribution in [2.75, 3.05) is 26.9 Å². The SMILES string of the molecule is C=CCOC[C@H](CO)Oc1c(Cl)c(C)c(-c2c(-c3ccc(F)cc3)c(Cl)n3ccnc(OC(Cc4cc(O)ccc4OCc4ccnc(-c5ccccc5OC)n4)C(=O)O)c23)c(C)c1Cl. The van der Waals surface area contributed by atoms with Crippen molar-refractivity contribution in [1.82, 2.24) is 19.4 Å². The largest absolute Gasteiger partial charge is 0.508 e. The Kier molecular flexibility index (Phi) is 14.8. The van der Waals surface area contributed by atoms with Crippen molar-refractivity contribution in [2.24, 2.45) is 0 Å². The van der Waals surface area contributed by atoms with Crippen LogP contribution in [0.5, 0.6) is 28.9 Å². The van der Waals surface area contributed by atoms with Crippen molar-refractivity contribution < 1.29 is 48.2 Å². The number of aromatic nitrogens is 4. The molecule has 0 aliphatic carbocycles. The molecule has 0 saturated carbocycles. The molecule has 0 bridgehead atoms. The Morgan fingerprint density at radius 1 is 0.923 bits per heavy atom. The third-order valence-corrected chi connectivity index (χ3v) is 11.7. The first-order chi connectivity index (χ1) is 31.3. The van der Waals surface area contributed by atoms with Gasteiger partial charge in [0, 0.05) is 41.7 Å². The van der Waals surface area contributed by atoms with Crippen molar-refractivity contribution in [1.29, 1.82) is 0 Å². The Hall–Kier alpha value is -6.42. The van der Waals surface area contributed by atoms with Crippen LogP contribution in [0.25, 0.3) is 39.2 Å². The lowest BCUT2D eigenvalue weighted by atomic mass is 9.90. The first-order valence-electron chi connectivity index (χ1n) is 20.0. The molecule has 3 N–H and O–H groups in total.